The molecule has 0 amide bonds. The average molecular weight is 294 g/mol. The van der Waals surface area contributed by atoms with E-state index in [2.05, 4.69) is 27.4 Å². The van der Waals surface area contributed by atoms with Crippen LogP contribution < -0.4 is 0 Å². The van der Waals surface area contributed by atoms with Gasteiger partial charge in [-0.25, -0.2) is 4.79 Å². The van der Waals surface area contributed by atoms with Crippen molar-refractivity contribution in [2.75, 3.05) is 5.75 Å². The molecule has 0 saturated heterocycles. The first kappa shape index (κ1) is 18.8. The Balaban J connectivity index is 4.71. The summed E-state index contributed by atoms with van der Waals surface area (Å²) in [4.78, 5) is 11.6. The monoisotopic (exact) mass is 294 g/mol. The van der Waals surface area contributed by atoms with Gasteiger partial charge in [0, 0.05) is 11.8 Å². The highest BCUT2D eigenvalue weighted by atomic mass is 32.2. The molecular formula is C17H26O2S. The maximum Gasteiger partial charge on any atom is 0.342 e. The molecular weight excluding hydrogens is 268 g/mol. The second kappa shape index (κ2) is 11.6. The van der Waals surface area contributed by atoms with Gasteiger partial charge in [-0.15, -0.1) is 0 Å². The van der Waals surface area contributed by atoms with E-state index in [0.717, 1.165) is 29.7 Å². The fraction of sp³-hybridized carbons (Fsp3) is 0.471. The minimum absolute atomic E-state index is 0.319. The third-order valence-electron chi connectivity index (χ3n) is 2.64. The van der Waals surface area contributed by atoms with Crippen molar-refractivity contribution in [1.82, 2.24) is 0 Å². The molecule has 0 aromatic carbocycles. The normalized spacial score (nSPS) is 13.1. The Morgan fingerprint density at radius 2 is 2.00 bits per heavy atom. The molecule has 20 heavy (non-hydrogen) atoms. The number of unbranched alkanes of at least 4 members (excludes halogenated alkanes) is 1. The highest BCUT2D eigenvalue weighted by molar-refractivity contribution is 7.95. The molecule has 0 aliphatic heterocycles. The molecule has 0 N–H and O–H groups in total. The van der Waals surface area contributed by atoms with E-state index >= 15 is 0 Å². The summed E-state index contributed by atoms with van der Waals surface area (Å²) in [7, 11) is 0. The number of rotatable bonds is 9. The van der Waals surface area contributed by atoms with Crippen LogP contribution in [-0.2, 0) is 8.98 Å². The summed E-state index contributed by atoms with van der Waals surface area (Å²) in [6, 6.07) is 0. The molecule has 0 bridgehead atoms. The topological polar surface area (TPSA) is 26.3 Å². The van der Waals surface area contributed by atoms with Crippen LogP contribution in [0.3, 0.4) is 0 Å². The van der Waals surface area contributed by atoms with Gasteiger partial charge in [-0.2, -0.15) is 0 Å². The second-order valence-electron chi connectivity index (χ2n) is 4.68. The first-order valence-electron chi connectivity index (χ1n) is 7.07. The van der Waals surface area contributed by atoms with Crippen LogP contribution in [0.4, 0.5) is 0 Å². The lowest BCUT2D eigenvalue weighted by atomic mass is 9.96. The predicted octanol–water partition coefficient (Wildman–Crippen LogP) is 5.25. The van der Waals surface area contributed by atoms with Crippen molar-refractivity contribution < 1.29 is 8.98 Å². The first-order valence-corrected chi connectivity index (χ1v) is 7.98. The van der Waals surface area contributed by atoms with E-state index in [1.165, 1.54) is 18.1 Å². The Morgan fingerprint density at radius 3 is 2.50 bits per heavy atom. The van der Waals surface area contributed by atoms with Gasteiger partial charge in [-0.1, -0.05) is 52.0 Å². The van der Waals surface area contributed by atoms with E-state index in [1.807, 2.05) is 25.2 Å². The summed E-state index contributed by atoms with van der Waals surface area (Å²) in [5.74, 6) is 0.885. The Labute approximate surface area is 127 Å². The fourth-order valence-electron chi connectivity index (χ4n) is 1.60. The van der Waals surface area contributed by atoms with Crippen LogP contribution in [0.25, 0.3) is 0 Å². The highest BCUT2D eigenvalue weighted by Gasteiger charge is 2.04. The fourth-order valence-corrected chi connectivity index (χ4v) is 2.26. The number of hydrogen-bond donors (Lipinski definition) is 0. The third-order valence-corrected chi connectivity index (χ3v) is 3.38. The van der Waals surface area contributed by atoms with E-state index in [1.54, 1.807) is 6.08 Å². The molecule has 112 valence electrons. The van der Waals surface area contributed by atoms with Crippen LogP contribution in [-0.4, -0.2) is 11.7 Å². The zero-order chi connectivity index (χ0) is 15.4. The number of carbonyl (C=O) groups is 1. The summed E-state index contributed by atoms with van der Waals surface area (Å²) >= 11 is 1.22. The largest absolute Gasteiger partial charge is 0.388 e. The maximum atomic E-state index is 11.6. The van der Waals surface area contributed by atoms with Gasteiger partial charge < -0.3 is 4.18 Å². The van der Waals surface area contributed by atoms with Crippen molar-refractivity contribution in [3.63, 3.8) is 0 Å². The van der Waals surface area contributed by atoms with Gasteiger partial charge in [0.05, 0.1) is 12.0 Å². The zero-order valence-corrected chi connectivity index (χ0v) is 13.8. The van der Waals surface area contributed by atoms with Crippen molar-refractivity contribution in [2.24, 2.45) is 5.92 Å². The van der Waals surface area contributed by atoms with Gasteiger partial charge in [0.2, 0.25) is 0 Å². The number of hydrogen-bond acceptors (Lipinski definition) is 3. The Hall–Kier alpha value is -1.22. The molecule has 3 heteroatoms. The summed E-state index contributed by atoms with van der Waals surface area (Å²) < 4.78 is 5.06. The molecule has 0 heterocycles. The lowest BCUT2D eigenvalue weighted by Gasteiger charge is -2.09. The van der Waals surface area contributed by atoms with Crippen molar-refractivity contribution in [2.45, 2.75) is 40.5 Å². The summed E-state index contributed by atoms with van der Waals surface area (Å²) in [5, 5.41) is 0. The van der Waals surface area contributed by atoms with Crippen LogP contribution in [0, 0.1) is 5.92 Å². The minimum atomic E-state index is -0.319. The van der Waals surface area contributed by atoms with E-state index in [-0.39, 0.29) is 5.97 Å². The average Bonchev–Trinajstić information content (AvgIpc) is 2.41. The van der Waals surface area contributed by atoms with Crippen LogP contribution in [0.5, 0.6) is 0 Å². The lowest BCUT2D eigenvalue weighted by molar-refractivity contribution is -0.127. The van der Waals surface area contributed by atoms with Crippen LogP contribution >= 0.6 is 12.0 Å². The molecule has 0 fully saturated rings. The second-order valence-corrected chi connectivity index (χ2v) is 5.49. The zero-order valence-electron chi connectivity index (χ0n) is 13.0. The predicted molar refractivity (Wildman–Crippen MR) is 89.5 cm³/mol. The Bertz CT molecular complexity index is 390. The van der Waals surface area contributed by atoms with Crippen molar-refractivity contribution in [1.29, 1.82) is 0 Å². The van der Waals surface area contributed by atoms with E-state index in [0.29, 0.717) is 5.92 Å². The maximum absolute atomic E-state index is 11.6. The molecule has 0 aromatic rings. The first-order chi connectivity index (χ1) is 9.56. The summed E-state index contributed by atoms with van der Waals surface area (Å²) in [5.41, 5.74) is 2.11. The van der Waals surface area contributed by atoms with E-state index in [4.69, 9.17) is 4.18 Å². The summed E-state index contributed by atoms with van der Waals surface area (Å²) in [6.07, 6.45) is 11.2. The van der Waals surface area contributed by atoms with Crippen molar-refractivity contribution in [3.05, 3.63) is 48.1 Å². The SMILES string of the molecule is C=C/C(=C(\C=C/C)/C=C/C(=O)OSCCCC)C(C)C. The molecule has 0 atom stereocenters. The molecule has 2 nitrogen and oxygen atoms in total. The number of carbonyl (C=O) groups excluding carboxylic acids is 1. The van der Waals surface area contributed by atoms with Gasteiger partial charge in [0.25, 0.3) is 0 Å². The van der Waals surface area contributed by atoms with E-state index < -0.39 is 0 Å². The van der Waals surface area contributed by atoms with Crippen molar-refractivity contribution >= 4 is 18.0 Å². The summed E-state index contributed by atoms with van der Waals surface area (Å²) in [6.45, 7) is 12.1. The molecule has 0 aromatic heterocycles. The standard InChI is InChI=1S/C17H26O2S/c1-6-9-13-20-19-17(18)12-11-15(10-7-2)16(8-3)14(4)5/h7-8,10-12,14H,3,6,9,13H2,1-2,4-5H3/b10-7-,12-11+,16-15-. The highest BCUT2D eigenvalue weighted by Crippen LogP contribution is 2.18. The van der Waals surface area contributed by atoms with E-state index in [9.17, 15) is 4.79 Å². The van der Waals surface area contributed by atoms with Gasteiger partial charge >= 0.3 is 5.97 Å². The molecule has 0 aliphatic carbocycles. The van der Waals surface area contributed by atoms with Crippen molar-refractivity contribution in [3.8, 4) is 0 Å². The molecule has 0 rings (SSSR count). The van der Waals surface area contributed by atoms with Crippen LogP contribution in [0.1, 0.15) is 40.5 Å². The third kappa shape index (κ3) is 8.05. The Morgan fingerprint density at radius 1 is 1.30 bits per heavy atom. The van der Waals surface area contributed by atoms with Gasteiger partial charge in [0.1, 0.15) is 0 Å². The van der Waals surface area contributed by atoms with Gasteiger partial charge in [-0.3, -0.25) is 0 Å². The molecule has 0 radical (unpaired) electrons. The molecule has 0 saturated carbocycles. The Kier molecular flexibility index (Phi) is 10.9. The molecule has 0 aliphatic rings. The van der Waals surface area contributed by atoms with Gasteiger partial charge in [-0.05, 0) is 36.5 Å². The lowest BCUT2D eigenvalue weighted by Crippen LogP contribution is -1.97. The smallest absolute Gasteiger partial charge is 0.342 e. The molecule has 0 spiro atoms. The number of allylic oxidation sites excluding steroid dienone is 6. The minimum Gasteiger partial charge on any atom is -0.388 e. The van der Waals surface area contributed by atoms with Crippen LogP contribution in [0.15, 0.2) is 48.1 Å². The quantitative estimate of drug-likeness (QED) is 0.251. The van der Waals surface area contributed by atoms with Gasteiger partial charge in [0.15, 0.2) is 0 Å². The molecule has 0 unspecified atom stereocenters. The van der Waals surface area contributed by atoms with Crippen LogP contribution in [0.2, 0.25) is 0 Å².